The van der Waals surface area contributed by atoms with E-state index in [0.29, 0.717) is 16.3 Å². The molecule has 2 aromatic rings. The van der Waals surface area contributed by atoms with Crippen molar-refractivity contribution in [2.24, 2.45) is 0 Å². The molecule has 0 heterocycles. The highest BCUT2D eigenvalue weighted by Gasteiger charge is 2.14. The summed E-state index contributed by atoms with van der Waals surface area (Å²) in [5.74, 6) is -0.139. The van der Waals surface area contributed by atoms with Gasteiger partial charge in [-0.15, -0.1) is 0 Å². The predicted molar refractivity (Wildman–Crippen MR) is 82.9 cm³/mol. The maximum Gasteiger partial charge on any atom is 0.252 e. The van der Waals surface area contributed by atoms with E-state index in [1.54, 1.807) is 18.2 Å². The van der Waals surface area contributed by atoms with E-state index in [0.717, 1.165) is 11.1 Å². The van der Waals surface area contributed by atoms with Gasteiger partial charge in [0.2, 0.25) is 0 Å². The molecule has 0 aliphatic heterocycles. The molecule has 4 heteroatoms. The number of benzene rings is 2. The van der Waals surface area contributed by atoms with Gasteiger partial charge in [0.05, 0.1) is 6.04 Å². The summed E-state index contributed by atoms with van der Waals surface area (Å²) in [6, 6.07) is 12.7. The highest BCUT2D eigenvalue weighted by Crippen LogP contribution is 2.20. The van der Waals surface area contributed by atoms with Crippen LogP contribution in [0.15, 0.2) is 42.5 Å². The van der Waals surface area contributed by atoms with Gasteiger partial charge in [-0.3, -0.25) is 4.79 Å². The van der Waals surface area contributed by atoms with Gasteiger partial charge in [0.15, 0.2) is 0 Å². The molecule has 0 aromatic heterocycles. The number of nitrogen functional groups attached to an aromatic ring is 1. The van der Waals surface area contributed by atoms with Gasteiger partial charge in [0.25, 0.3) is 5.91 Å². The van der Waals surface area contributed by atoms with E-state index < -0.39 is 0 Å². The lowest BCUT2D eigenvalue weighted by Crippen LogP contribution is -2.27. The first-order valence-electron chi connectivity index (χ1n) is 6.40. The van der Waals surface area contributed by atoms with Crippen molar-refractivity contribution in [3.8, 4) is 0 Å². The third kappa shape index (κ3) is 3.11. The molecule has 1 atom stereocenters. The van der Waals surface area contributed by atoms with Gasteiger partial charge in [0, 0.05) is 16.3 Å². The lowest BCUT2D eigenvalue weighted by molar-refractivity contribution is 0.0939. The molecule has 0 fully saturated rings. The van der Waals surface area contributed by atoms with Crippen LogP contribution in [0.3, 0.4) is 0 Å². The van der Waals surface area contributed by atoms with Gasteiger partial charge in [-0.05, 0) is 49.2 Å². The first-order valence-corrected chi connectivity index (χ1v) is 6.78. The molecule has 2 aromatic carbocycles. The summed E-state index contributed by atoms with van der Waals surface area (Å²) < 4.78 is 0. The summed E-state index contributed by atoms with van der Waals surface area (Å²) in [6.07, 6.45) is 0. The lowest BCUT2D eigenvalue weighted by Gasteiger charge is -2.16. The maximum atomic E-state index is 12.3. The second-order valence-corrected chi connectivity index (χ2v) is 5.18. The second kappa shape index (κ2) is 5.97. The van der Waals surface area contributed by atoms with Crippen LogP contribution in [0.5, 0.6) is 0 Å². The monoisotopic (exact) mass is 288 g/mol. The van der Waals surface area contributed by atoms with Gasteiger partial charge >= 0.3 is 0 Å². The Bertz CT molecular complexity index is 640. The first kappa shape index (κ1) is 14.4. The first-order chi connectivity index (χ1) is 9.49. The Kier molecular flexibility index (Phi) is 4.30. The number of anilines is 1. The Morgan fingerprint density at radius 2 is 1.95 bits per heavy atom. The fourth-order valence-electron chi connectivity index (χ4n) is 2.04. The third-order valence-electron chi connectivity index (χ3n) is 3.27. The number of hydrogen-bond acceptors (Lipinski definition) is 2. The molecule has 0 aliphatic rings. The molecule has 2 rings (SSSR count). The van der Waals surface area contributed by atoms with E-state index in [1.807, 2.05) is 38.1 Å². The summed E-state index contributed by atoms with van der Waals surface area (Å²) in [4.78, 5) is 12.3. The quantitative estimate of drug-likeness (QED) is 0.846. The topological polar surface area (TPSA) is 55.1 Å². The number of hydrogen-bond donors (Lipinski definition) is 2. The molecule has 3 nitrogen and oxygen atoms in total. The highest BCUT2D eigenvalue weighted by molar-refractivity contribution is 6.31. The standard InChI is InChI=1S/C16H17ClN2O/c1-10-14(7-4-8-15(10)17)16(20)19-11(2)12-5-3-6-13(18)9-12/h3-9,11H,18H2,1-2H3,(H,19,20). The maximum absolute atomic E-state index is 12.3. The van der Waals surface area contributed by atoms with Gasteiger partial charge in [0.1, 0.15) is 0 Å². The molecule has 0 aliphatic carbocycles. The molecule has 0 radical (unpaired) electrons. The third-order valence-corrected chi connectivity index (χ3v) is 3.68. The molecular formula is C16H17ClN2O. The van der Waals surface area contributed by atoms with E-state index in [9.17, 15) is 4.79 Å². The Hall–Kier alpha value is -2.00. The van der Waals surface area contributed by atoms with Crippen LogP contribution in [0.25, 0.3) is 0 Å². The summed E-state index contributed by atoms with van der Waals surface area (Å²) in [6.45, 7) is 3.76. The van der Waals surface area contributed by atoms with Gasteiger partial charge in [-0.25, -0.2) is 0 Å². The fourth-order valence-corrected chi connectivity index (χ4v) is 2.21. The van der Waals surface area contributed by atoms with Crippen LogP contribution >= 0.6 is 11.6 Å². The molecule has 1 unspecified atom stereocenters. The summed E-state index contributed by atoms with van der Waals surface area (Å²) in [5, 5.41) is 3.55. The van der Waals surface area contributed by atoms with Crippen LogP contribution in [0.2, 0.25) is 5.02 Å². The van der Waals surface area contributed by atoms with Gasteiger partial charge < -0.3 is 11.1 Å². The van der Waals surface area contributed by atoms with Crippen LogP contribution in [0, 0.1) is 6.92 Å². The van der Waals surface area contributed by atoms with Crippen molar-refractivity contribution in [3.63, 3.8) is 0 Å². The zero-order chi connectivity index (χ0) is 14.7. The lowest BCUT2D eigenvalue weighted by atomic mass is 10.1. The van der Waals surface area contributed by atoms with Gasteiger partial charge in [-0.2, -0.15) is 0 Å². The van der Waals surface area contributed by atoms with Crippen molar-refractivity contribution in [3.05, 3.63) is 64.2 Å². The van der Waals surface area contributed by atoms with Crippen LogP contribution < -0.4 is 11.1 Å². The zero-order valence-electron chi connectivity index (χ0n) is 11.5. The molecule has 0 saturated carbocycles. The normalized spacial score (nSPS) is 11.9. The van der Waals surface area contributed by atoms with Crippen molar-refractivity contribution >= 4 is 23.2 Å². The fraction of sp³-hybridized carbons (Fsp3) is 0.188. The van der Waals surface area contributed by atoms with Crippen LogP contribution in [-0.4, -0.2) is 5.91 Å². The summed E-state index contributed by atoms with van der Waals surface area (Å²) in [7, 11) is 0. The van der Waals surface area contributed by atoms with E-state index in [2.05, 4.69) is 5.32 Å². The largest absolute Gasteiger partial charge is 0.399 e. The highest BCUT2D eigenvalue weighted by atomic mass is 35.5. The average molecular weight is 289 g/mol. The van der Waals surface area contributed by atoms with E-state index in [4.69, 9.17) is 17.3 Å². The molecule has 0 bridgehead atoms. The number of nitrogens with two attached hydrogens (primary N) is 1. The SMILES string of the molecule is Cc1c(Cl)cccc1C(=O)NC(C)c1cccc(N)c1. The summed E-state index contributed by atoms with van der Waals surface area (Å²) >= 11 is 6.04. The minimum atomic E-state index is -0.139. The predicted octanol–water partition coefficient (Wildman–Crippen LogP) is 3.72. The van der Waals surface area contributed by atoms with Crippen molar-refractivity contribution in [2.75, 3.05) is 5.73 Å². The number of carbonyl (C=O) groups is 1. The zero-order valence-corrected chi connectivity index (χ0v) is 12.2. The molecule has 20 heavy (non-hydrogen) atoms. The molecule has 0 saturated heterocycles. The van der Waals surface area contributed by atoms with Crippen LogP contribution in [0.1, 0.15) is 34.5 Å². The molecule has 1 amide bonds. The Labute approximate surface area is 123 Å². The number of nitrogens with one attached hydrogen (secondary N) is 1. The molecule has 0 spiro atoms. The van der Waals surface area contributed by atoms with Crippen molar-refractivity contribution < 1.29 is 4.79 Å². The van der Waals surface area contributed by atoms with Gasteiger partial charge in [-0.1, -0.05) is 29.8 Å². The number of halogens is 1. The van der Waals surface area contributed by atoms with Crippen molar-refractivity contribution in [1.29, 1.82) is 0 Å². The average Bonchev–Trinajstić information content (AvgIpc) is 2.41. The van der Waals surface area contributed by atoms with E-state index in [-0.39, 0.29) is 11.9 Å². The van der Waals surface area contributed by atoms with Crippen molar-refractivity contribution in [1.82, 2.24) is 5.32 Å². The molecule has 3 N–H and O–H groups in total. The number of carbonyl (C=O) groups excluding carboxylic acids is 1. The molecular weight excluding hydrogens is 272 g/mol. The minimum Gasteiger partial charge on any atom is -0.399 e. The van der Waals surface area contributed by atoms with Crippen LogP contribution in [0.4, 0.5) is 5.69 Å². The smallest absolute Gasteiger partial charge is 0.252 e. The Morgan fingerprint density at radius 3 is 2.65 bits per heavy atom. The number of amides is 1. The van der Waals surface area contributed by atoms with E-state index >= 15 is 0 Å². The van der Waals surface area contributed by atoms with E-state index in [1.165, 1.54) is 0 Å². The Balaban J connectivity index is 2.17. The summed E-state index contributed by atoms with van der Waals surface area (Å²) in [5.41, 5.74) is 8.78. The molecule has 104 valence electrons. The Morgan fingerprint density at radius 1 is 1.25 bits per heavy atom. The second-order valence-electron chi connectivity index (χ2n) is 4.78. The van der Waals surface area contributed by atoms with Crippen molar-refractivity contribution in [2.45, 2.75) is 19.9 Å². The number of rotatable bonds is 3. The van der Waals surface area contributed by atoms with Crippen LogP contribution in [-0.2, 0) is 0 Å². The minimum absolute atomic E-state index is 0.121.